The number of hydrogen-bond donors (Lipinski definition) is 1. The molecule has 126 valence electrons. The summed E-state index contributed by atoms with van der Waals surface area (Å²) in [6.45, 7) is 8.22. The SMILES string of the molecule is CC(C)Cc1ccc(C2(C)CN=C(N)N2Cc2ccccc2)cc1. The predicted molar refractivity (Wildman–Crippen MR) is 101 cm³/mol. The Morgan fingerprint density at radius 3 is 2.33 bits per heavy atom. The molecule has 3 heteroatoms. The molecular formula is C21H27N3. The molecular weight excluding hydrogens is 294 g/mol. The minimum absolute atomic E-state index is 0.184. The maximum atomic E-state index is 6.21. The van der Waals surface area contributed by atoms with Gasteiger partial charge in [0.25, 0.3) is 0 Å². The van der Waals surface area contributed by atoms with Crippen molar-refractivity contribution in [3.8, 4) is 0 Å². The van der Waals surface area contributed by atoms with E-state index in [2.05, 4.69) is 79.2 Å². The van der Waals surface area contributed by atoms with Gasteiger partial charge in [0.2, 0.25) is 0 Å². The standard InChI is InChI=1S/C21H27N3/c1-16(2)13-17-9-11-19(12-10-17)21(3)15-23-20(22)24(21)14-18-7-5-4-6-8-18/h4-12,16H,13-15H2,1-3H3,(H2,22,23). The number of benzene rings is 2. The van der Waals surface area contributed by atoms with Crippen LogP contribution >= 0.6 is 0 Å². The van der Waals surface area contributed by atoms with Crippen molar-refractivity contribution in [2.24, 2.45) is 16.6 Å². The highest BCUT2D eigenvalue weighted by atomic mass is 15.3. The van der Waals surface area contributed by atoms with Gasteiger partial charge < -0.3 is 10.6 Å². The van der Waals surface area contributed by atoms with E-state index in [4.69, 9.17) is 5.73 Å². The Balaban J connectivity index is 1.84. The predicted octanol–water partition coefficient (Wildman–Crippen LogP) is 3.93. The van der Waals surface area contributed by atoms with Gasteiger partial charge in [0.15, 0.2) is 5.96 Å². The zero-order chi connectivity index (χ0) is 17.2. The first-order valence-corrected chi connectivity index (χ1v) is 8.70. The molecule has 0 amide bonds. The molecule has 1 heterocycles. The van der Waals surface area contributed by atoms with E-state index >= 15 is 0 Å². The monoisotopic (exact) mass is 321 g/mol. The Morgan fingerprint density at radius 1 is 1.04 bits per heavy atom. The van der Waals surface area contributed by atoms with Crippen LogP contribution in [0.2, 0.25) is 0 Å². The summed E-state index contributed by atoms with van der Waals surface area (Å²) in [6, 6.07) is 19.4. The first-order valence-electron chi connectivity index (χ1n) is 8.70. The van der Waals surface area contributed by atoms with Crippen molar-refractivity contribution in [2.75, 3.05) is 6.54 Å². The third-order valence-electron chi connectivity index (χ3n) is 4.82. The first kappa shape index (κ1) is 16.6. The molecule has 1 aliphatic heterocycles. The molecule has 0 saturated heterocycles. The number of nitrogens with zero attached hydrogens (tertiary/aromatic N) is 2. The van der Waals surface area contributed by atoms with Crippen LogP contribution in [-0.4, -0.2) is 17.4 Å². The van der Waals surface area contributed by atoms with Crippen LogP contribution in [0.5, 0.6) is 0 Å². The number of aliphatic imine (C=N–C) groups is 1. The number of rotatable bonds is 5. The van der Waals surface area contributed by atoms with Gasteiger partial charge in [0, 0.05) is 6.54 Å². The average molecular weight is 321 g/mol. The third-order valence-corrected chi connectivity index (χ3v) is 4.82. The van der Waals surface area contributed by atoms with Crippen molar-refractivity contribution >= 4 is 5.96 Å². The molecule has 1 aliphatic rings. The molecule has 0 spiro atoms. The minimum atomic E-state index is -0.184. The van der Waals surface area contributed by atoms with E-state index < -0.39 is 0 Å². The molecule has 0 aliphatic carbocycles. The highest BCUT2D eigenvalue weighted by Crippen LogP contribution is 2.34. The molecule has 2 aromatic rings. The Labute approximate surface area is 145 Å². The van der Waals surface area contributed by atoms with Crippen molar-refractivity contribution in [1.29, 1.82) is 0 Å². The Morgan fingerprint density at radius 2 is 1.71 bits per heavy atom. The van der Waals surface area contributed by atoms with E-state index in [-0.39, 0.29) is 5.54 Å². The second-order valence-corrected chi connectivity index (χ2v) is 7.31. The van der Waals surface area contributed by atoms with Crippen LogP contribution in [0.15, 0.2) is 59.6 Å². The largest absolute Gasteiger partial charge is 0.370 e. The van der Waals surface area contributed by atoms with Crippen LogP contribution in [0.3, 0.4) is 0 Å². The van der Waals surface area contributed by atoms with Gasteiger partial charge in [-0.3, -0.25) is 4.99 Å². The lowest BCUT2D eigenvalue weighted by atomic mass is 9.89. The van der Waals surface area contributed by atoms with E-state index in [1.165, 1.54) is 16.7 Å². The topological polar surface area (TPSA) is 41.6 Å². The molecule has 1 unspecified atom stereocenters. The zero-order valence-electron chi connectivity index (χ0n) is 14.9. The quantitative estimate of drug-likeness (QED) is 0.906. The number of hydrogen-bond acceptors (Lipinski definition) is 3. The smallest absolute Gasteiger partial charge is 0.192 e. The second-order valence-electron chi connectivity index (χ2n) is 7.31. The summed E-state index contributed by atoms with van der Waals surface area (Å²) >= 11 is 0. The number of nitrogens with two attached hydrogens (primary N) is 1. The minimum Gasteiger partial charge on any atom is -0.370 e. The fourth-order valence-corrected chi connectivity index (χ4v) is 3.40. The maximum Gasteiger partial charge on any atom is 0.192 e. The average Bonchev–Trinajstić information content (AvgIpc) is 2.85. The number of guanidine groups is 1. The van der Waals surface area contributed by atoms with Gasteiger partial charge in [-0.05, 0) is 36.0 Å². The molecule has 2 N–H and O–H groups in total. The molecule has 0 radical (unpaired) electrons. The van der Waals surface area contributed by atoms with Gasteiger partial charge in [0.1, 0.15) is 0 Å². The van der Waals surface area contributed by atoms with Crippen molar-refractivity contribution in [3.63, 3.8) is 0 Å². The fraction of sp³-hybridized carbons (Fsp3) is 0.381. The highest BCUT2D eigenvalue weighted by Gasteiger charge is 2.39. The van der Waals surface area contributed by atoms with Gasteiger partial charge in [-0.2, -0.15) is 0 Å². The van der Waals surface area contributed by atoms with Crippen molar-refractivity contribution in [3.05, 3.63) is 71.3 Å². The maximum absolute atomic E-state index is 6.21. The molecule has 24 heavy (non-hydrogen) atoms. The third kappa shape index (κ3) is 3.30. The van der Waals surface area contributed by atoms with Gasteiger partial charge in [-0.25, -0.2) is 0 Å². The lowest BCUT2D eigenvalue weighted by Gasteiger charge is -2.37. The van der Waals surface area contributed by atoms with Crippen molar-refractivity contribution < 1.29 is 0 Å². The molecule has 1 atom stereocenters. The Kier molecular flexibility index (Phi) is 4.61. The van der Waals surface area contributed by atoms with Crippen LogP contribution in [0.4, 0.5) is 0 Å². The lowest BCUT2D eigenvalue weighted by molar-refractivity contribution is 0.217. The summed E-state index contributed by atoms with van der Waals surface area (Å²) in [5.74, 6) is 1.30. The summed E-state index contributed by atoms with van der Waals surface area (Å²) in [5, 5.41) is 0. The molecule has 0 aromatic heterocycles. The van der Waals surface area contributed by atoms with Gasteiger partial charge >= 0.3 is 0 Å². The van der Waals surface area contributed by atoms with E-state index in [1.807, 2.05) is 6.07 Å². The van der Waals surface area contributed by atoms with Crippen LogP contribution in [0.1, 0.15) is 37.5 Å². The van der Waals surface area contributed by atoms with Crippen molar-refractivity contribution in [1.82, 2.24) is 4.90 Å². The van der Waals surface area contributed by atoms with Crippen LogP contribution in [-0.2, 0) is 18.5 Å². The van der Waals surface area contributed by atoms with E-state index in [1.54, 1.807) is 0 Å². The van der Waals surface area contributed by atoms with Gasteiger partial charge in [-0.1, -0.05) is 68.4 Å². The van der Waals surface area contributed by atoms with Gasteiger partial charge in [0.05, 0.1) is 12.1 Å². The molecule has 0 fully saturated rings. The zero-order valence-corrected chi connectivity index (χ0v) is 14.9. The molecule has 0 saturated carbocycles. The summed E-state index contributed by atoms with van der Waals surface area (Å²) in [7, 11) is 0. The van der Waals surface area contributed by atoms with E-state index in [9.17, 15) is 0 Å². The molecule has 0 bridgehead atoms. The van der Waals surface area contributed by atoms with Crippen LogP contribution < -0.4 is 5.73 Å². The fourth-order valence-electron chi connectivity index (χ4n) is 3.40. The summed E-state index contributed by atoms with van der Waals surface area (Å²) in [6.07, 6.45) is 1.11. The van der Waals surface area contributed by atoms with E-state index in [0.717, 1.165) is 13.0 Å². The lowest BCUT2D eigenvalue weighted by Crippen LogP contribution is -2.46. The highest BCUT2D eigenvalue weighted by molar-refractivity contribution is 5.81. The van der Waals surface area contributed by atoms with Crippen LogP contribution in [0.25, 0.3) is 0 Å². The Bertz CT molecular complexity index is 704. The van der Waals surface area contributed by atoms with Gasteiger partial charge in [-0.15, -0.1) is 0 Å². The summed E-state index contributed by atoms with van der Waals surface area (Å²) < 4.78 is 0. The summed E-state index contributed by atoms with van der Waals surface area (Å²) in [4.78, 5) is 6.76. The molecule has 3 nitrogen and oxygen atoms in total. The second kappa shape index (κ2) is 6.68. The van der Waals surface area contributed by atoms with Crippen LogP contribution in [0, 0.1) is 5.92 Å². The Hall–Kier alpha value is -2.29. The summed E-state index contributed by atoms with van der Waals surface area (Å²) in [5.41, 5.74) is 9.94. The first-order chi connectivity index (χ1) is 11.5. The molecule has 2 aromatic carbocycles. The normalized spacial score (nSPS) is 20.5. The van der Waals surface area contributed by atoms with E-state index in [0.29, 0.717) is 18.4 Å². The molecule has 3 rings (SSSR count). The van der Waals surface area contributed by atoms with Crippen molar-refractivity contribution in [2.45, 2.75) is 39.3 Å².